The summed E-state index contributed by atoms with van der Waals surface area (Å²) < 4.78 is 15.7. The summed E-state index contributed by atoms with van der Waals surface area (Å²) in [5.41, 5.74) is -0.00761. The highest BCUT2D eigenvalue weighted by Gasteiger charge is 2.38. The zero-order chi connectivity index (χ0) is 15.2. The summed E-state index contributed by atoms with van der Waals surface area (Å²) in [5, 5.41) is 4.12. The lowest BCUT2D eigenvalue weighted by atomic mass is 10.1. The van der Waals surface area contributed by atoms with Crippen molar-refractivity contribution in [3.05, 3.63) is 0 Å². The summed E-state index contributed by atoms with van der Waals surface area (Å²) in [7, 11) is 0. The van der Waals surface area contributed by atoms with Crippen molar-refractivity contribution in [2.45, 2.75) is 44.3 Å². The van der Waals surface area contributed by atoms with E-state index in [2.05, 4.69) is 10.3 Å². The second-order valence-corrected chi connectivity index (χ2v) is 5.99. The van der Waals surface area contributed by atoms with Gasteiger partial charge in [0.1, 0.15) is 18.6 Å². The molecule has 2 heterocycles. The highest BCUT2D eigenvalue weighted by Crippen LogP contribution is 2.33. The fourth-order valence-corrected chi connectivity index (χ4v) is 3.35. The van der Waals surface area contributed by atoms with Crippen molar-refractivity contribution < 1.29 is 23.8 Å². The second kappa shape index (κ2) is 7.65. The largest absolute Gasteiger partial charge is 0.464 e. The first-order chi connectivity index (χ1) is 10.0. The van der Waals surface area contributed by atoms with Crippen LogP contribution in [0.3, 0.4) is 0 Å². The average Bonchev–Trinajstić information content (AvgIpc) is 2.83. The molecule has 2 fully saturated rings. The Labute approximate surface area is 127 Å². The number of rotatable bonds is 5. The van der Waals surface area contributed by atoms with E-state index >= 15 is 0 Å². The zero-order valence-electron chi connectivity index (χ0n) is 12.2. The standard InChI is InChI=1S/C13H20N2O5S/c1-8(16)18-6-5-14-13-15-11-4-3-10(7-19-9(2)17)20-12(11)21-13/h10-12H,3-7H2,1-2H3,(H,14,15)/t10-,11-,12-/m1/s1. The Morgan fingerprint density at radius 3 is 2.81 bits per heavy atom. The van der Waals surface area contributed by atoms with Crippen LogP contribution >= 0.6 is 11.8 Å². The number of hydrogen-bond donors (Lipinski definition) is 1. The third-order valence-corrected chi connectivity index (χ3v) is 4.26. The SMILES string of the molecule is CC(=O)OCCN=C1N[C@@H]2CC[C@H](COC(C)=O)O[C@@H]2S1. The Balaban J connectivity index is 1.74. The molecule has 2 saturated heterocycles. The highest BCUT2D eigenvalue weighted by atomic mass is 32.2. The Morgan fingerprint density at radius 1 is 1.33 bits per heavy atom. The maximum absolute atomic E-state index is 10.8. The molecule has 0 saturated carbocycles. The van der Waals surface area contributed by atoms with Gasteiger partial charge in [-0.05, 0) is 12.8 Å². The number of thioether (sulfide) groups is 1. The van der Waals surface area contributed by atoms with Crippen LogP contribution in [0.1, 0.15) is 26.7 Å². The van der Waals surface area contributed by atoms with Crippen molar-refractivity contribution >= 4 is 28.9 Å². The number of fused-ring (bicyclic) bond motifs is 1. The molecule has 21 heavy (non-hydrogen) atoms. The van der Waals surface area contributed by atoms with Crippen LogP contribution in [-0.4, -0.2) is 54.4 Å². The lowest BCUT2D eigenvalue weighted by Gasteiger charge is -2.30. The van der Waals surface area contributed by atoms with E-state index in [0.717, 1.165) is 18.0 Å². The van der Waals surface area contributed by atoms with Crippen molar-refractivity contribution in [2.24, 2.45) is 4.99 Å². The van der Waals surface area contributed by atoms with Crippen LogP contribution < -0.4 is 5.32 Å². The highest BCUT2D eigenvalue weighted by molar-refractivity contribution is 8.14. The van der Waals surface area contributed by atoms with Gasteiger partial charge in [-0.25, -0.2) is 0 Å². The normalized spacial score (nSPS) is 29.6. The van der Waals surface area contributed by atoms with Crippen LogP contribution in [0.15, 0.2) is 4.99 Å². The molecule has 2 aliphatic rings. The van der Waals surface area contributed by atoms with Gasteiger partial charge in [0.15, 0.2) is 5.17 Å². The average molecular weight is 316 g/mol. The molecule has 1 N–H and O–H groups in total. The van der Waals surface area contributed by atoms with E-state index in [1.165, 1.54) is 25.6 Å². The number of ether oxygens (including phenoxy) is 3. The van der Waals surface area contributed by atoms with Gasteiger partial charge in [-0.2, -0.15) is 0 Å². The molecule has 0 amide bonds. The number of nitrogens with zero attached hydrogens (tertiary/aromatic N) is 1. The summed E-state index contributed by atoms with van der Waals surface area (Å²) >= 11 is 1.53. The molecule has 2 rings (SSSR count). The van der Waals surface area contributed by atoms with Gasteiger partial charge in [0, 0.05) is 13.8 Å². The first kappa shape index (κ1) is 16.1. The molecule has 0 aliphatic carbocycles. The third-order valence-electron chi connectivity index (χ3n) is 3.12. The van der Waals surface area contributed by atoms with Crippen molar-refractivity contribution in [1.82, 2.24) is 5.32 Å². The van der Waals surface area contributed by atoms with E-state index < -0.39 is 0 Å². The van der Waals surface area contributed by atoms with E-state index in [4.69, 9.17) is 14.2 Å². The molecule has 0 aromatic rings. The molecule has 7 nitrogen and oxygen atoms in total. The topological polar surface area (TPSA) is 86.2 Å². The van der Waals surface area contributed by atoms with Gasteiger partial charge in [0.2, 0.25) is 0 Å². The van der Waals surface area contributed by atoms with Crippen LogP contribution in [0.2, 0.25) is 0 Å². The van der Waals surface area contributed by atoms with E-state index in [0.29, 0.717) is 13.2 Å². The maximum Gasteiger partial charge on any atom is 0.302 e. The second-order valence-electron chi connectivity index (χ2n) is 4.90. The quantitative estimate of drug-likeness (QED) is 0.589. The Kier molecular flexibility index (Phi) is 5.86. The number of carbonyl (C=O) groups excluding carboxylic acids is 2. The van der Waals surface area contributed by atoms with Crippen LogP contribution in [0.5, 0.6) is 0 Å². The monoisotopic (exact) mass is 316 g/mol. The molecular formula is C13H20N2O5S. The minimum absolute atomic E-state index is 0.00761. The summed E-state index contributed by atoms with van der Waals surface area (Å²) in [5.74, 6) is -0.585. The molecule has 0 aromatic carbocycles. The summed E-state index contributed by atoms with van der Waals surface area (Å²) in [6.45, 7) is 3.79. The molecule has 3 atom stereocenters. The number of aliphatic imine (C=N–C) groups is 1. The van der Waals surface area contributed by atoms with E-state index in [-0.39, 0.29) is 36.1 Å². The molecule has 0 aromatic heterocycles. The van der Waals surface area contributed by atoms with Crippen molar-refractivity contribution in [2.75, 3.05) is 19.8 Å². The molecular weight excluding hydrogens is 296 g/mol. The van der Waals surface area contributed by atoms with Crippen molar-refractivity contribution in [3.63, 3.8) is 0 Å². The Morgan fingerprint density at radius 2 is 2.10 bits per heavy atom. The minimum atomic E-state index is -0.299. The number of nitrogens with one attached hydrogen (secondary N) is 1. The van der Waals surface area contributed by atoms with Crippen LogP contribution in [0.25, 0.3) is 0 Å². The molecule has 2 aliphatic heterocycles. The smallest absolute Gasteiger partial charge is 0.302 e. The fraction of sp³-hybridized carbons (Fsp3) is 0.769. The minimum Gasteiger partial charge on any atom is -0.464 e. The van der Waals surface area contributed by atoms with Gasteiger partial charge in [0.25, 0.3) is 0 Å². The number of esters is 2. The first-order valence-corrected chi connectivity index (χ1v) is 7.82. The maximum atomic E-state index is 10.8. The molecule has 8 heteroatoms. The molecule has 118 valence electrons. The summed E-state index contributed by atoms with van der Waals surface area (Å²) in [4.78, 5) is 25.8. The van der Waals surface area contributed by atoms with Crippen LogP contribution in [-0.2, 0) is 23.8 Å². The van der Waals surface area contributed by atoms with Gasteiger partial charge in [0.05, 0.1) is 18.7 Å². The lowest BCUT2D eigenvalue weighted by molar-refractivity contribution is -0.147. The van der Waals surface area contributed by atoms with E-state index in [9.17, 15) is 9.59 Å². The van der Waals surface area contributed by atoms with Crippen LogP contribution in [0.4, 0.5) is 0 Å². The number of carbonyl (C=O) groups is 2. The summed E-state index contributed by atoms with van der Waals surface area (Å²) in [6, 6.07) is 0.232. The van der Waals surface area contributed by atoms with Gasteiger partial charge in [-0.15, -0.1) is 0 Å². The number of amidine groups is 1. The molecule has 0 unspecified atom stereocenters. The summed E-state index contributed by atoms with van der Waals surface area (Å²) in [6.07, 6.45) is 1.75. The first-order valence-electron chi connectivity index (χ1n) is 6.94. The van der Waals surface area contributed by atoms with Crippen LogP contribution in [0, 0.1) is 0 Å². The predicted molar refractivity (Wildman–Crippen MR) is 78.0 cm³/mol. The zero-order valence-corrected chi connectivity index (χ0v) is 13.0. The molecule has 0 radical (unpaired) electrons. The lowest BCUT2D eigenvalue weighted by Crippen LogP contribution is -2.41. The van der Waals surface area contributed by atoms with Gasteiger partial charge >= 0.3 is 11.9 Å². The van der Waals surface area contributed by atoms with Crippen molar-refractivity contribution in [1.29, 1.82) is 0 Å². The molecule has 0 spiro atoms. The van der Waals surface area contributed by atoms with Gasteiger partial charge in [-0.3, -0.25) is 14.6 Å². The van der Waals surface area contributed by atoms with E-state index in [1.807, 2.05) is 0 Å². The van der Waals surface area contributed by atoms with E-state index in [1.54, 1.807) is 0 Å². The van der Waals surface area contributed by atoms with Gasteiger partial charge < -0.3 is 19.5 Å². The van der Waals surface area contributed by atoms with Gasteiger partial charge in [-0.1, -0.05) is 11.8 Å². The predicted octanol–water partition coefficient (Wildman–Crippen LogP) is 0.679. The third kappa shape index (κ3) is 5.20. The Bertz CT molecular complexity index is 429. The Hall–Kier alpha value is -1.28. The van der Waals surface area contributed by atoms with Crippen molar-refractivity contribution in [3.8, 4) is 0 Å². The number of hydrogen-bond acceptors (Lipinski definition) is 7. The molecule has 0 bridgehead atoms. The fourth-order valence-electron chi connectivity index (χ4n) is 2.16.